The average molecular weight is 456 g/mol. The van der Waals surface area contributed by atoms with Crippen molar-refractivity contribution in [1.82, 2.24) is 19.4 Å². The molecule has 1 aliphatic heterocycles. The molecule has 0 bridgehead atoms. The normalized spacial score (nSPS) is 12.8. The summed E-state index contributed by atoms with van der Waals surface area (Å²) in [5, 5.41) is 2.79. The smallest absolute Gasteiger partial charge is 0.335 e. The molecule has 4 rings (SSSR count). The van der Waals surface area contributed by atoms with E-state index in [2.05, 4.69) is 10.3 Å². The molecule has 3 heterocycles. The second kappa shape index (κ2) is 8.91. The molecule has 1 N–H and O–H groups in total. The van der Waals surface area contributed by atoms with Gasteiger partial charge < -0.3 is 5.32 Å². The van der Waals surface area contributed by atoms with Gasteiger partial charge in [-0.1, -0.05) is 6.07 Å². The number of fused-ring (bicyclic) bond motifs is 1. The van der Waals surface area contributed by atoms with E-state index in [4.69, 9.17) is 0 Å². The number of hydrogen-bond acceptors (Lipinski definition) is 5. The zero-order valence-electron chi connectivity index (χ0n) is 17.0. The molecule has 2 aromatic heterocycles. The first-order valence-corrected chi connectivity index (χ1v) is 10.6. The SMILES string of the molecule is Cc1c2n(c(=O)n(Cc3ccc(F)c(F)c3)c1=O)C=C(C(=O)NCc1ccncc1)SC2. The van der Waals surface area contributed by atoms with E-state index in [0.29, 0.717) is 22.7 Å². The highest BCUT2D eigenvalue weighted by atomic mass is 32.2. The van der Waals surface area contributed by atoms with E-state index in [-0.39, 0.29) is 23.8 Å². The zero-order valence-corrected chi connectivity index (χ0v) is 17.8. The van der Waals surface area contributed by atoms with Crippen molar-refractivity contribution in [3.63, 3.8) is 0 Å². The molecule has 0 aliphatic carbocycles. The van der Waals surface area contributed by atoms with Gasteiger partial charge in [0.25, 0.3) is 11.5 Å². The van der Waals surface area contributed by atoms with Gasteiger partial charge in [0, 0.05) is 42.1 Å². The van der Waals surface area contributed by atoms with Crippen LogP contribution in [0.5, 0.6) is 0 Å². The van der Waals surface area contributed by atoms with Gasteiger partial charge in [-0.2, -0.15) is 0 Å². The molecule has 7 nitrogen and oxygen atoms in total. The second-order valence-corrected chi connectivity index (χ2v) is 8.20. The fourth-order valence-corrected chi connectivity index (χ4v) is 4.34. The molecule has 3 aromatic rings. The van der Waals surface area contributed by atoms with Crippen molar-refractivity contribution < 1.29 is 13.6 Å². The summed E-state index contributed by atoms with van der Waals surface area (Å²) in [6.45, 7) is 1.68. The standard InChI is InChI=1S/C22H18F2N4O3S/c1-13-18-12-32-19(20(29)26-9-14-4-6-25-7-5-14)11-27(18)22(31)28(21(13)30)10-15-2-3-16(23)17(24)8-15/h2-8,11H,9-10,12H2,1H3,(H,26,29). The van der Waals surface area contributed by atoms with Gasteiger partial charge >= 0.3 is 5.69 Å². The number of aromatic nitrogens is 3. The molecule has 164 valence electrons. The maximum absolute atomic E-state index is 13.6. The van der Waals surface area contributed by atoms with Crippen molar-refractivity contribution >= 4 is 23.9 Å². The van der Waals surface area contributed by atoms with Crippen LogP contribution in [-0.4, -0.2) is 20.0 Å². The first kappa shape index (κ1) is 21.7. The van der Waals surface area contributed by atoms with Gasteiger partial charge in [0.2, 0.25) is 0 Å². The lowest BCUT2D eigenvalue weighted by Gasteiger charge is -2.20. The van der Waals surface area contributed by atoms with Crippen LogP contribution in [-0.2, 0) is 23.6 Å². The van der Waals surface area contributed by atoms with Crippen molar-refractivity contribution in [1.29, 1.82) is 0 Å². The Morgan fingerprint density at radius 2 is 1.88 bits per heavy atom. The van der Waals surface area contributed by atoms with Crippen LogP contribution in [0.3, 0.4) is 0 Å². The average Bonchev–Trinajstić information content (AvgIpc) is 2.81. The largest absolute Gasteiger partial charge is 0.347 e. The van der Waals surface area contributed by atoms with Crippen LogP contribution in [0.1, 0.15) is 22.4 Å². The molecule has 0 unspecified atom stereocenters. The Kier molecular flexibility index (Phi) is 6.04. The molecule has 1 amide bonds. The number of carbonyl (C=O) groups is 1. The lowest BCUT2D eigenvalue weighted by molar-refractivity contribution is -0.116. The fourth-order valence-electron chi connectivity index (χ4n) is 3.30. The van der Waals surface area contributed by atoms with Crippen LogP contribution < -0.4 is 16.6 Å². The van der Waals surface area contributed by atoms with Crippen molar-refractivity contribution in [2.75, 3.05) is 0 Å². The summed E-state index contributed by atoms with van der Waals surface area (Å²) in [6.07, 6.45) is 4.66. The van der Waals surface area contributed by atoms with Gasteiger partial charge in [0.1, 0.15) is 0 Å². The molecule has 0 saturated carbocycles. The van der Waals surface area contributed by atoms with Crippen LogP contribution in [0.25, 0.3) is 6.20 Å². The maximum atomic E-state index is 13.6. The van der Waals surface area contributed by atoms with Crippen molar-refractivity contribution in [3.05, 3.63) is 102 Å². The molecule has 1 aliphatic rings. The number of rotatable bonds is 5. The molecule has 0 radical (unpaired) electrons. The number of benzene rings is 1. The minimum absolute atomic E-state index is 0.222. The number of halogens is 2. The Morgan fingerprint density at radius 3 is 2.59 bits per heavy atom. The monoisotopic (exact) mass is 456 g/mol. The van der Waals surface area contributed by atoms with E-state index < -0.39 is 22.9 Å². The molecule has 0 atom stereocenters. The van der Waals surface area contributed by atoms with E-state index in [1.807, 2.05) is 0 Å². The number of pyridine rings is 1. The maximum Gasteiger partial charge on any atom is 0.335 e. The van der Waals surface area contributed by atoms with Crippen molar-refractivity contribution in [3.8, 4) is 0 Å². The van der Waals surface area contributed by atoms with Crippen LogP contribution in [0.4, 0.5) is 8.78 Å². The minimum atomic E-state index is -1.06. The number of thioether (sulfide) groups is 1. The third kappa shape index (κ3) is 4.26. The first-order valence-electron chi connectivity index (χ1n) is 9.65. The molecular weight excluding hydrogens is 438 g/mol. The highest BCUT2D eigenvalue weighted by Gasteiger charge is 2.23. The highest BCUT2D eigenvalue weighted by molar-refractivity contribution is 8.03. The summed E-state index contributed by atoms with van der Waals surface area (Å²) >= 11 is 1.23. The number of hydrogen-bond donors (Lipinski definition) is 1. The number of nitrogens with one attached hydrogen (secondary N) is 1. The van der Waals surface area contributed by atoms with Gasteiger partial charge in [-0.05, 0) is 42.3 Å². The lowest BCUT2D eigenvalue weighted by Crippen LogP contribution is -2.42. The molecule has 1 aromatic carbocycles. The summed E-state index contributed by atoms with van der Waals surface area (Å²) in [5.41, 5.74) is 0.839. The Bertz CT molecular complexity index is 1350. The zero-order chi connectivity index (χ0) is 22.8. The van der Waals surface area contributed by atoms with Gasteiger partial charge in [0.05, 0.1) is 11.4 Å². The number of nitrogens with zero attached hydrogens (tertiary/aromatic N) is 3. The molecule has 32 heavy (non-hydrogen) atoms. The number of amides is 1. The summed E-state index contributed by atoms with van der Waals surface area (Å²) in [7, 11) is 0. The highest BCUT2D eigenvalue weighted by Crippen LogP contribution is 2.27. The van der Waals surface area contributed by atoms with Gasteiger partial charge in [-0.25, -0.2) is 13.6 Å². The van der Waals surface area contributed by atoms with Gasteiger partial charge in [-0.15, -0.1) is 11.8 Å². The molecule has 10 heteroatoms. The Balaban J connectivity index is 1.65. The van der Waals surface area contributed by atoms with E-state index in [9.17, 15) is 23.2 Å². The summed E-state index contributed by atoms with van der Waals surface area (Å²) < 4.78 is 29.0. The Hall–Kier alpha value is -3.53. The Morgan fingerprint density at radius 1 is 1.12 bits per heavy atom. The third-order valence-electron chi connectivity index (χ3n) is 5.09. The number of carbonyl (C=O) groups excluding carboxylic acids is 1. The molecule has 0 spiro atoms. The molecule has 0 fully saturated rings. The van der Waals surface area contributed by atoms with Gasteiger partial charge in [0.15, 0.2) is 11.6 Å². The van der Waals surface area contributed by atoms with Gasteiger partial charge in [-0.3, -0.25) is 23.7 Å². The Labute approximate surface area is 185 Å². The quantitative estimate of drug-likeness (QED) is 0.637. The van der Waals surface area contributed by atoms with E-state index in [1.54, 1.807) is 31.5 Å². The van der Waals surface area contributed by atoms with Crippen LogP contribution in [0.15, 0.2) is 57.2 Å². The summed E-state index contributed by atoms with van der Waals surface area (Å²) in [6, 6.07) is 6.77. The molecular formula is C22H18F2N4O3S. The van der Waals surface area contributed by atoms with Crippen LogP contribution >= 0.6 is 11.8 Å². The second-order valence-electron chi connectivity index (χ2n) is 7.18. The lowest BCUT2D eigenvalue weighted by atomic mass is 10.2. The minimum Gasteiger partial charge on any atom is -0.347 e. The topological polar surface area (TPSA) is 86.0 Å². The van der Waals surface area contributed by atoms with Crippen LogP contribution in [0.2, 0.25) is 0 Å². The first-order chi connectivity index (χ1) is 15.3. The summed E-state index contributed by atoms with van der Waals surface area (Å²) in [4.78, 5) is 42.7. The summed E-state index contributed by atoms with van der Waals surface area (Å²) in [5.74, 6) is -2.14. The predicted octanol–water partition coefficient (Wildman–Crippen LogP) is 2.40. The predicted molar refractivity (Wildman–Crippen MR) is 117 cm³/mol. The van der Waals surface area contributed by atoms with E-state index in [0.717, 1.165) is 22.3 Å². The van der Waals surface area contributed by atoms with E-state index >= 15 is 0 Å². The van der Waals surface area contributed by atoms with Crippen molar-refractivity contribution in [2.45, 2.75) is 25.8 Å². The fraction of sp³-hybridized carbons (Fsp3) is 0.182. The van der Waals surface area contributed by atoms with Crippen molar-refractivity contribution in [2.24, 2.45) is 0 Å². The van der Waals surface area contributed by atoms with Crippen LogP contribution in [0, 0.1) is 18.6 Å². The third-order valence-corrected chi connectivity index (χ3v) is 6.11. The molecule has 0 saturated heterocycles. The van der Waals surface area contributed by atoms with E-state index in [1.165, 1.54) is 28.6 Å².